The van der Waals surface area contributed by atoms with Gasteiger partial charge in [-0.3, -0.25) is 4.79 Å². The van der Waals surface area contributed by atoms with E-state index in [9.17, 15) is 9.59 Å². The van der Waals surface area contributed by atoms with Gasteiger partial charge in [0.25, 0.3) is 0 Å². The van der Waals surface area contributed by atoms with E-state index < -0.39 is 6.03 Å². The van der Waals surface area contributed by atoms with Crippen molar-refractivity contribution in [3.63, 3.8) is 0 Å². The summed E-state index contributed by atoms with van der Waals surface area (Å²) in [6.07, 6.45) is 3.14. The maximum atomic E-state index is 10.6. The number of carbonyl (C=O) groups excluding carboxylic acids is 2. The standard InChI is InChI=1S/C6H8N2O2/c7-6(10)8-3-1-5(9)2-4-8/h1,3H,2,4H2,(H2,7,10). The van der Waals surface area contributed by atoms with Crippen molar-refractivity contribution in [2.45, 2.75) is 6.42 Å². The number of allylic oxidation sites excluding steroid dienone is 1. The van der Waals surface area contributed by atoms with Crippen LogP contribution in [0.4, 0.5) is 4.79 Å². The summed E-state index contributed by atoms with van der Waals surface area (Å²) in [5.74, 6) is 0.0394. The van der Waals surface area contributed by atoms with Gasteiger partial charge in [0.1, 0.15) is 0 Å². The molecule has 0 saturated heterocycles. The first-order valence-electron chi connectivity index (χ1n) is 2.97. The molecule has 4 nitrogen and oxygen atoms in total. The first-order chi connectivity index (χ1) is 4.70. The third-order valence-electron chi connectivity index (χ3n) is 1.32. The summed E-state index contributed by atoms with van der Waals surface area (Å²) in [6, 6.07) is -0.510. The van der Waals surface area contributed by atoms with E-state index in [-0.39, 0.29) is 5.78 Å². The number of primary amides is 1. The first kappa shape index (κ1) is 6.80. The Hall–Kier alpha value is -1.32. The van der Waals surface area contributed by atoms with Crippen molar-refractivity contribution in [1.82, 2.24) is 4.90 Å². The van der Waals surface area contributed by atoms with Crippen LogP contribution in [-0.4, -0.2) is 23.3 Å². The highest BCUT2D eigenvalue weighted by Gasteiger charge is 2.12. The smallest absolute Gasteiger partial charge is 0.318 e. The largest absolute Gasteiger partial charge is 0.351 e. The zero-order chi connectivity index (χ0) is 7.56. The predicted octanol–water partition coefficient (Wildman–Crippen LogP) is -0.146. The molecule has 0 aromatic carbocycles. The Balaban J connectivity index is 2.61. The van der Waals surface area contributed by atoms with Crippen LogP contribution >= 0.6 is 0 Å². The fraction of sp³-hybridized carbons (Fsp3) is 0.333. The summed E-state index contributed by atoms with van der Waals surface area (Å²) in [7, 11) is 0. The molecular formula is C6H8N2O2. The minimum Gasteiger partial charge on any atom is -0.351 e. The van der Waals surface area contributed by atoms with E-state index in [0.29, 0.717) is 13.0 Å². The van der Waals surface area contributed by atoms with Gasteiger partial charge >= 0.3 is 6.03 Å². The van der Waals surface area contributed by atoms with E-state index >= 15 is 0 Å². The minimum atomic E-state index is -0.510. The topological polar surface area (TPSA) is 63.4 Å². The second kappa shape index (κ2) is 2.51. The molecule has 0 atom stereocenters. The number of amides is 2. The normalized spacial score (nSPS) is 17.6. The molecule has 1 aliphatic heterocycles. The van der Waals surface area contributed by atoms with Crippen LogP contribution in [0.1, 0.15) is 6.42 Å². The number of hydrogen-bond acceptors (Lipinski definition) is 2. The predicted molar refractivity (Wildman–Crippen MR) is 35.1 cm³/mol. The third kappa shape index (κ3) is 1.34. The van der Waals surface area contributed by atoms with Crippen molar-refractivity contribution in [3.8, 4) is 0 Å². The molecule has 2 amide bonds. The molecular weight excluding hydrogens is 132 g/mol. The van der Waals surface area contributed by atoms with E-state index in [0.717, 1.165) is 0 Å². The second-order valence-corrected chi connectivity index (χ2v) is 2.06. The molecule has 10 heavy (non-hydrogen) atoms. The molecule has 4 heteroatoms. The number of rotatable bonds is 0. The average molecular weight is 140 g/mol. The van der Waals surface area contributed by atoms with Gasteiger partial charge in [0, 0.05) is 19.2 Å². The molecule has 54 valence electrons. The Labute approximate surface area is 58.3 Å². The molecule has 0 saturated carbocycles. The fourth-order valence-electron chi connectivity index (χ4n) is 0.745. The van der Waals surface area contributed by atoms with Crippen LogP contribution in [0.3, 0.4) is 0 Å². The first-order valence-corrected chi connectivity index (χ1v) is 2.97. The molecule has 2 N–H and O–H groups in total. The molecule has 0 spiro atoms. The molecule has 0 bridgehead atoms. The number of urea groups is 1. The highest BCUT2D eigenvalue weighted by molar-refractivity contribution is 5.91. The van der Waals surface area contributed by atoms with Crippen molar-refractivity contribution < 1.29 is 9.59 Å². The number of carbonyl (C=O) groups is 2. The second-order valence-electron chi connectivity index (χ2n) is 2.06. The summed E-state index contributed by atoms with van der Waals surface area (Å²) >= 11 is 0. The SMILES string of the molecule is NC(=O)N1C=CC(=O)CC1. The van der Waals surface area contributed by atoms with Crippen LogP contribution in [0, 0.1) is 0 Å². The van der Waals surface area contributed by atoms with Crippen molar-refractivity contribution >= 4 is 11.8 Å². The monoisotopic (exact) mass is 140 g/mol. The average Bonchev–Trinajstić information content (AvgIpc) is 1.88. The van der Waals surface area contributed by atoms with E-state index in [1.807, 2.05) is 0 Å². The van der Waals surface area contributed by atoms with E-state index in [2.05, 4.69) is 0 Å². The van der Waals surface area contributed by atoms with Crippen LogP contribution in [0.2, 0.25) is 0 Å². The Morgan fingerprint density at radius 3 is 2.80 bits per heavy atom. The van der Waals surface area contributed by atoms with Gasteiger partial charge in [-0.2, -0.15) is 0 Å². The van der Waals surface area contributed by atoms with Gasteiger partial charge in [-0.1, -0.05) is 0 Å². The lowest BCUT2D eigenvalue weighted by atomic mass is 10.2. The maximum Gasteiger partial charge on any atom is 0.318 e. The van der Waals surface area contributed by atoms with Crippen molar-refractivity contribution in [3.05, 3.63) is 12.3 Å². The molecule has 0 fully saturated rings. The number of nitrogens with two attached hydrogens (primary N) is 1. The van der Waals surface area contributed by atoms with Gasteiger partial charge in [0.15, 0.2) is 5.78 Å². The lowest BCUT2D eigenvalue weighted by Crippen LogP contribution is -2.34. The third-order valence-corrected chi connectivity index (χ3v) is 1.32. The van der Waals surface area contributed by atoms with E-state index in [1.54, 1.807) is 0 Å². The summed E-state index contributed by atoms with van der Waals surface area (Å²) < 4.78 is 0. The van der Waals surface area contributed by atoms with Crippen LogP contribution in [-0.2, 0) is 4.79 Å². The van der Waals surface area contributed by atoms with Crippen molar-refractivity contribution in [1.29, 1.82) is 0 Å². The summed E-state index contributed by atoms with van der Waals surface area (Å²) in [6.45, 7) is 0.407. The molecule has 1 heterocycles. The van der Waals surface area contributed by atoms with Gasteiger partial charge in [0.2, 0.25) is 0 Å². The molecule has 1 aliphatic rings. The van der Waals surface area contributed by atoms with E-state index in [4.69, 9.17) is 5.73 Å². The van der Waals surface area contributed by atoms with Crippen LogP contribution in [0.25, 0.3) is 0 Å². The van der Waals surface area contributed by atoms with Crippen LogP contribution < -0.4 is 5.73 Å². The number of ketones is 1. The zero-order valence-electron chi connectivity index (χ0n) is 5.41. The fourth-order valence-corrected chi connectivity index (χ4v) is 0.745. The lowest BCUT2D eigenvalue weighted by Gasteiger charge is -2.17. The van der Waals surface area contributed by atoms with Gasteiger partial charge in [-0.15, -0.1) is 0 Å². The van der Waals surface area contributed by atoms with Gasteiger partial charge in [-0.05, 0) is 6.08 Å². The molecule has 0 unspecified atom stereocenters. The highest BCUT2D eigenvalue weighted by Crippen LogP contribution is 2.00. The Morgan fingerprint density at radius 2 is 2.40 bits per heavy atom. The summed E-state index contributed by atoms with van der Waals surface area (Å²) in [5, 5.41) is 0. The molecule has 0 aliphatic carbocycles. The van der Waals surface area contributed by atoms with Crippen molar-refractivity contribution in [2.75, 3.05) is 6.54 Å². The maximum absolute atomic E-state index is 10.6. The molecule has 0 radical (unpaired) electrons. The van der Waals surface area contributed by atoms with E-state index in [1.165, 1.54) is 17.2 Å². The van der Waals surface area contributed by atoms with Gasteiger partial charge in [0.05, 0.1) is 0 Å². The van der Waals surface area contributed by atoms with Crippen LogP contribution in [0.5, 0.6) is 0 Å². The highest BCUT2D eigenvalue weighted by atomic mass is 16.2. The summed E-state index contributed by atoms with van der Waals surface area (Å²) in [4.78, 5) is 22.3. The Kier molecular flexibility index (Phi) is 1.71. The number of nitrogens with zero attached hydrogens (tertiary/aromatic N) is 1. The van der Waals surface area contributed by atoms with Crippen LogP contribution in [0.15, 0.2) is 12.3 Å². The Bertz CT molecular complexity index is 198. The molecule has 0 aromatic rings. The number of hydrogen-bond donors (Lipinski definition) is 1. The van der Waals surface area contributed by atoms with Crippen molar-refractivity contribution in [2.24, 2.45) is 5.73 Å². The van der Waals surface area contributed by atoms with Gasteiger partial charge < -0.3 is 10.6 Å². The molecule has 1 rings (SSSR count). The zero-order valence-corrected chi connectivity index (χ0v) is 5.41. The summed E-state index contributed by atoms with van der Waals surface area (Å²) in [5.41, 5.74) is 4.94. The Morgan fingerprint density at radius 1 is 1.70 bits per heavy atom. The van der Waals surface area contributed by atoms with Gasteiger partial charge in [-0.25, -0.2) is 4.79 Å². The minimum absolute atomic E-state index is 0.0394. The lowest BCUT2D eigenvalue weighted by molar-refractivity contribution is -0.115. The molecule has 0 aromatic heterocycles. The quantitative estimate of drug-likeness (QED) is 0.508.